The van der Waals surface area contributed by atoms with E-state index in [4.69, 9.17) is 0 Å². The molecule has 2 nitrogen and oxygen atoms in total. The molecule has 3 heteroatoms. The van der Waals surface area contributed by atoms with Gasteiger partial charge < -0.3 is 4.57 Å². The van der Waals surface area contributed by atoms with Crippen molar-refractivity contribution >= 4 is 22.5 Å². The van der Waals surface area contributed by atoms with Gasteiger partial charge in [-0.1, -0.05) is 49.4 Å². The summed E-state index contributed by atoms with van der Waals surface area (Å²) in [7, 11) is 0. The summed E-state index contributed by atoms with van der Waals surface area (Å²) in [6.07, 6.45) is 7.01. The highest BCUT2D eigenvalue weighted by Gasteiger charge is 2.15. The maximum absolute atomic E-state index is 4.17. The zero-order valence-electron chi connectivity index (χ0n) is 12.3. The molecule has 0 spiro atoms. The fraction of sp³-hybridized carbons (Fsp3) is 0.278. The molecule has 108 valence electrons. The van der Waals surface area contributed by atoms with Crippen LogP contribution in [0.1, 0.15) is 24.2 Å². The Morgan fingerprint density at radius 1 is 1.14 bits per heavy atom. The predicted octanol–water partition coefficient (Wildman–Crippen LogP) is 4.92. The van der Waals surface area contributed by atoms with E-state index in [2.05, 4.69) is 58.9 Å². The number of hydrogen-bond donors (Lipinski definition) is 0. The molecule has 0 saturated heterocycles. The van der Waals surface area contributed by atoms with Gasteiger partial charge in [0.15, 0.2) is 0 Å². The summed E-state index contributed by atoms with van der Waals surface area (Å²) >= 11 is 2.04. The molecular formula is C18H20N2S. The van der Waals surface area contributed by atoms with Crippen LogP contribution in [-0.2, 0) is 6.54 Å². The molecule has 0 aliphatic heterocycles. The Morgan fingerprint density at radius 3 is 2.81 bits per heavy atom. The maximum atomic E-state index is 4.17. The molecule has 1 unspecified atom stereocenters. The Kier molecular flexibility index (Phi) is 4.61. The molecule has 0 aliphatic carbocycles. The second-order valence-electron chi connectivity index (χ2n) is 5.19. The minimum atomic E-state index is 0.463. The fourth-order valence-corrected chi connectivity index (χ4v) is 3.80. The van der Waals surface area contributed by atoms with Crippen LogP contribution in [0.25, 0.3) is 10.8 Å². The van der Waals surface area contributed by atoms with E-state index in [9.17, 15) is 0 Å². The summed E-state index contributed by atoms with van der Waals surface area (Å²) in [4.78, 5) is 4.17. The Balaban J connectivity index is 1.97. The highest BCUT2D eigenvalue weighted by atomic mass is 32.2. The van der Waals surface area contributed by atoms with Crippen molar-refractivity contribution in [2.75, 3.05) is 5.75 Å². The van der Waals surface area contributed by atoms with Crippen molar-refractivity contribution in [1.29, 1.82) is 0 Å². The number of aromatic nitrogens is 2. The van der Waals surface area contributed by atoms with Gasteiger partial charge in [-0.2, -0.15) is 11.8 Å². The fourth-order valence-electron chi connectivity index (χ4n) is 2.62. The van der Waals surface area contributed by atoms with Gasteiger partial charge in [-0.15, -0.1) is 0 Å². The molecule has 0 radical (unpaired) electrons. The maximum Gasteiger partial charge on any atom is 0.0946 e. The van der Waals surface area contributed by atoms with Gasteiger partial charge in [0.25, 0.3) is 0 Å². The summed E-state index contributed by atoms with van der Waals surface area (Å²) in [5, 5.41) is 3.15. The van der Waals surface area contributed by atoms with Crippen molar-refractivity contribution in [3.8, 4) is 0 Å². The van der Waals surface area contributed by atoms with Crippen molar-refractivity contribution in [3.05, 3.63) is 66.7 Å². The van der Waals surface area contributed by atoms with E-state index in [-0.39, 0.29) is 0 Å². The second-order valence-corrected chi connectivity index (χ2v) is 6.50. The minimum Gasteiger partial charge on any atom is -0.336 e. The van der Waals surface area contributed by atoms with Gasteiger partial charge in [-0.3, -0.25) is 0 Å². The second kappa shape index (κ2) is 6.81. The van der Waals surface area contributed by atoms with Crippen LogP contribution in [0.3, 0.4) is 0 Å². The average Bonchev–Trinajstić information content (AvgIpc) is 3.04. The van der Waals surface area contributed by atoms with Crippen molar-refractivity contribution in [2.45, 2.75) is 25.1 Å². The van der Waals surface area contributed by atoms with Crippen LogP contribution in [0, 0.1) is 0 Å². The third-order valence-electron chi connectivity index (χ3n) is 3.63. The molecule has 2 aromatic carbocycles. The van der Waals surface area contributed by atoms with Crippen LogP contribution in [0.4, 0.5) is 0 Å². The number of thioether (sulfide) groups is 1. The number of imidazole rings is 1. The lowest BCUT2D eigenvalue weighted by molar-refractivity contribution is 0.685. The molecule has 3 aromatic rings. The first-order valence-corrected chi connectivity index (χ1v) is 8.48. The van der Waals surface area contributed by atoms with E-state index in [1.54, 1.807) is 0 Å². The number of rotatable bonds is 6. The van der Waals surface area contributed by atoms with E-state index in [0.29, 0.717) is 5.25 Å². The first-order valence-electron chi connectivity index (χ1n) is 7.43. The Morgan fingerprint density at radius 2 is 2.00 bits per heavy atom. The molecule has 21 heavy (non-hydrogen) atoms. The van der Waals surface area contributed by atoms with Gasteiger partial charge in [0.1, 0.15) is 0 Å². The molecule has 1 atom stereocenters. The van der Waals surface area contributed by atoms with Crippen LogP contribution in [0.15, 0.2) is 61.2 Å². The summed E-state index contributed by atoms with van der Waals surface area (Å²) < 4.78 is 2.18. The molecule has 0 fully saturated rings. The smallest absolute Gasteiger partial charge is 0.0946 e. The molecule has 0 saturated carbocycles. The van der Waals surface area contributed by atoms with Crippen molar-refractivity contribution in [2.24, 2.45) is 0 Å². The highest BCUT2D eigenvalue weighted by molar-refractivity contribution is 7.99. The zero-order chi connectivity index (χ0) is 14.5. The van der Waals surface area contributed by atoms with Crippen molar-refractivity contribution < 1.29 is 0 Å². The van der Waals surface area contributed by atoms with Crippen LogP contribution in [0.2, 0.25) is 0 Å². The molecule has 3 rings (SSSR count). The third kappa shape index (κ3) is 3.30. The summed E-state index contributed by atoms with van der Waals surface area (Å²) in [5.41, 5.74) is 1.43. The summed E-state index contributed by atoms with van der Waals surface area (Å²) in [6.45, 7) is 3.21. The van der Waals surface area contributed by atoms with Crippen LogP contribution >= 0.6 is 11.8 Å². The highest BCUT2D eigenvalue weighted by Crippen LogP contribution is 2.35. The molecule has 1 heterocycles. The quantitative estimate of drug-likeness (QED) is 0.642. The molecular weight excluding hydrogens is 276 g/mol. The Bertz CT molecular complexity index is 686. The van der Waals surface area contributed by atoms with E-state index < -0.39 is 0 Å². The third-order valence-corrected chi connectivity index (χ3v) is 5.08. The first-order chi connectivity index (χ1) is 10.4. The molecule has 0 aliphatic rings. The molecule has 0 N–H and O–H groups in total. The lowest BCUT2D eigenvalue weighted by Crippen LogP contribution is -2.06. The Hall–Kier alpha value is -1.74. The predicted molar refractivity (Wildman–Crippen MR) is 91.7 cm³/mol. The minimum absolute atomic E-state index is 0.463. The van der Waals surface area contributed by atoms with Crippen molar-refractivity contribution in [3.63, 3.8) is 0 Å². The number of hydrogen-bond acceptors (Lipinski definition) is 2. The molecule has 1 aromatic heterocycles. The topological polar surface area (TPSA) is 17.8 Å². The zero-order valence-corrected chi connectivity index (χ0v) is 13.1. The summed E-state index contributed by atoms with van der Waals surface area (Å²) in [5.74, 6) is 1.18. The van der Waals surface area contributed by atoms with Gasteiger partial charge in [0, 0.05) is 24.2 Å². The van der Waals surface area contributed by atoms with Gasteiger partial charge in [0.2, 0.25) is 0 Å². The van der Waals surface area contributed by atoms with Gasteiger partial charge in [-0.25, -0.2) is 4.98 Å². The average molecular weight is 296 g/mol. The van der Waals surface area contributed by atoms with Crippen molar-refractivity contribution in [1.82, 2.24) is 9.55 Å². The summed E-state index contributed by atoms with van der Waals surface area (Å²) in [6, 6.07) is 15.3. The number of fused-ring (bicyclic) bond motifs is 1. The largest absolute Gasteiger partial charge is 0.336 e. The molecule has 0 amide bonds. The van der Waals surface area contributed by atoms with E-state index >= 15 is 0 Å². The normalized spacial score (nSPS) is 12.6. The van der Waals surface area contributed by atoms with Gasteiger partial charge in [0.05, 0.1) is 6.33 Å². The van der Waals surface area contributed by atoms with E-state index in [1.165, 1.54) is 28.5 Å². The lowest BCUT2D eigenvalue weighted by atomic mass is 10.0. The van der Waals surface area contributed by atoms with Gasteiger partial charge >= 0.3 is 0 Å². The lowest BCUT2D eigenvalue weighted by Gasteiger charge is -2.19. The van der Waals surface area contributed by atoms with E-state index in [1.807, 2.05) is 30.5 Å². The number of benzene rings is 2. The molecule has 0 bridgehead atoms. The SMILES string of the molecule is CCCSC(Cn1ccnc1)c1cccc2ccccc12. The first kappa shape index (κ1) is 14.2. The Labute approximate surface area is 130 Å². The van der Waals surface area contributed by atoms with Crippen LogP contribution in [0.5, 0.6) is 0 Å². The van der Waals surface area contributed by atoms with Crippen LogP contribution < -0.4 is 0 Å². The monoisotopic (exact) mass is 296 g/mol. The van der Waals surface area contributed by atoms with Gasteiger partial charge in [-0.05, 0) is 28.5 Å². The standard InChI is InChI=1S/C18H20N2S/c1-2-12-21-18(13-20-11-10-19-14-20)17-9-5-7-15-6-3-4-8-16(15)17/h3-11,14,18H,2,12-13H2,1H3. The number of nitrogens with zero attached hydrogens (tertiary/aromatic N) is 2. The van der Waals surface area contributed by atoms with Crippen LogP contribution in [-0.4, -0.2) is 15.3 Å². The van der Waals surface area contributed by atoms with E-state index in [0.717, 1.165) is 6.54 Å².